The molecule has 0 aromatic carbocycles. The standard InChI is InChI=1S/C17H28ClN3O3/c1-12(2)21-10-13(9-14(21)22)15(23)19-5-7-20(8-6-19)16(24)17(3,4)11-18/h12-13H,5-11H2,1-4H3. The Morgan fingerprint density at radius 1 is 1.17 bits per heavy atom. The predicted molar refractivity (Wildman–Crippen MR) is 92.6 cm³/mol. The van der Waals surface area contributed by atoms with Crippen molar-refractivity contribution < 1.29 is 14.4 Å². The van der Waals surface area contributed by atoms with E-state index in [9.17, 15) is 14.4 Å². The number of likely N-dealkylation sites (tertiary alicyclic amines) is 1. The molecule has 0 saturated carbocycles. The van der Waals surface area contributed by atoms with Crippen molar-refractivity contribution in [1.29, 1.82) is 0 Å². The van der Waals surface area contributed by atoms with Crippen molar-refractivity contribution in [2.45, 2.75) is 40.2 Å². The number of amides is 3. The number of rotatable bonds is 4. The number of carbonyl (C=O) groups is 3. The maximum absolute atomic E-state index is 12.7. The summed E-state index contributed by atoms with van der Waals surface area (Å²) in [5.41, 5.74) is -0.580. The Bertz CT molecular complexity index is 513. The zero-order valence-electron chi connectivity index (χ0n) is 15.0. The minimum Gasteiger partial charge on any atom is -0.339 e. The van der Waals surface area contributed by atoms with Crippen molar-refractivity contribution in [2.24, 2.45) is 11.3 Å². The van der Waals surface area contributed by atoms with Crippen molar-refractivity contribution in [3.63, 3.8) is 0 Å². The fourth-order valence-corrected chi connectivity index (χ4v) is 3.38. The summed E-state index contributed by atoms with van der Waals surface area (Å²) >= 11 is 5.88. The summed E-state index contributed by atoms with van der Waals surface area (Å²) in [6, 6.07) is 0.127. The molecule has 2 heterocycles. The lowest BCUT2D eigenvalue weighted by molar-refractivity contribution is -0.146. The predicted octanol–water partition coefficient (Wildman–Crippen LogP) is 1.18. The summed E-state index contributed by atoms with van der Waals surface area (Å²) in [5, 5.41) is 0. The Morgan fingerprint density at radius 2 is 1.71 bits per heavy atom. The first-order chi connectivity index (χ1) is 11.2. The molecule has 3 amide bonds. The fraction of sp³-hybridized carbons (Fsp3) is 0.824. The molecule has 0 N–H and O–H groups in total. The number of alkyl halides is 1. The van der Waals surface area contributed by atoms with Crippen LogP contribution in [0.1, 0.15) is 34.1 Å². The summed E-state index contributed by atoms with van der Waals surface area (Å²) in [5.74, 6) is 0.157. The van der Waals surface area contributed by atoms with Gasteiger partial charge in [0.25, 0.3) is 0 Å². The minimum absolute atomic E-state index is 0.0339. The van der Waals surface area contributed by atoms with Crippen LogP contribution < -0.4 is 0 Å². The molecule has 0 radical (unpaired) electrons. The monoisotopic (exact) mass is 357 g/mol. The molecular formula is C17H28ClN3O3. The van der Waals surface area contributed by atoms with Crippen LogP contribution in [0.25, 0.3) is 0 Å². The lowest BCUT2D eigenvalue weighted by Crippen LogP contribution is -2.54. The first-order valence-corrected chi connectivity index (χ1v) is 9.14. The van der Waals surface area contributed by atoms with Gasteiger partial charge in [0.05, 0.1) is 11.3 Å². The maximum atomic E-state index is 12.7. The van der Waals surface area contributed by atoms with Gasteiger partial charge in [0, 0.05) is 51.1 Å². The van der Waals surface area contributed by atoms with Crippen molar-refractivity contribution in [3.05, 3.63) is 0 Å². The molecule has 2 aliphatic rings. The van der Waals surface area contributed by atoms with Crippen LogP contribution in [0.15, 0.2) is 0 Å². The van der Waals surface area contributed by atoms with E-state index in [1.165, 1.54) is 0 Å². The summed E-state index contributed by atoms with van der Waals surface area (Å²) in [7, 11) is 0. The SMILES string of the molecule is CC(C)N1CC(C(=O)N2CCN(C(=O)C(C)(C)CCl)CC2)CC1=O. The van der Waals surface area contributed by atoms with Gasteiger partial charge in [0.15, 0.2) is 0 Å². The largest absolute Gasteiger partial charge is 0.339 e. The number of hydrogen-bond acceptors (Lipinski definition) is 3. The van der Waals surface area contributed by atoms with Crippen LogP contribution in [0, 0.1) is 11.3 Å². The smallest absolute Gasteiger partial charge is 0.229 e. The lowest BCUT2D eigenvalue weighted by Gasteiger charge is -2.38. The topological polar surface area (TPSA) is 60.9 Å². The zero-order chi connectivity index (χ0) is 18.1. The zero-order valence-corrected chi connectivity index (χ0v) is 15.8. The number of hydrogen-bond donors (Lipinski definition) is 0. The van der Waals surface area contributed by atoms with Crippen molar-refractivity contribution in [1.82, 2.24) is 14.7 Å². The molecule has 7 heteroatoms. The van der Waals surface area contributed by atoms with Crippen LogP contribution >= 0.6 is 11.6 Å². The molecule has 6 nitrogen and oxygen atoms in total. The highest BCUT2D eigenvalue weighted by Crippen LogP contribution is 2.24. The molecular weight excluding hydrogens is 330 g/mol. The fourth-order valence-electron chi connectivity index (χ4n) is 3.27. The van der Waals surface area contributed by atoms with Crippen LogP contribution in [-0.2, 0) is 14.4 Å². The summed E-state index contributed by atoms with van der Waals surface area (Å²) < 4.78 is 0. The molecule has 2 saturated heterocycles. The quantitative estimate of drug-likeness (QED) is 0.710. The minimum atomic E-state index is -0.580. The Labute approximate surface area is 149 Å². The Hall–Kier alpha value is -1.30. The third kappa shape index (κ3) is 3.85. The van der Waals surface area contributed by atoms with E-state index >= 15 is 0 Å². The maximum Gasteiger partial charge on any atom is 0.229 e. The molecule has 0 aromatic rings. The van der Waals surface area contributed by atoms with Gasteiger partial charge >= 0.3 is 0 Å². The second-order valence-corrected chi connectivity index (χ2v) is 7.94. The summed E-state index contributed by atoms with van der Waals surface area (Å²) in [6.07, 6.45) is 0.301. The van der Waals surface area contributed by atoms with Gasteiger partial charge in [0.1, 0.15) is 0 Å². The van der Waals surface area contributed by atoms with Crippen LogP contribution in [0.5, 0.6) is 0 Å². The van der Waals surface area contributed by atoms with Gasteiger partial charge < -0.3 is 14.7 Å². The Balaban J connectivity index is 1.90. The lowest BCUT2D eigenvalue weighted by atomic mass is 9.94. The highest BCUT2D eigenvalue weighted by Gasteiger charge is 2.39. The average molecular weight is 358 g/mol. The van der Waals surface area contributed by atoms with Gasteiger partial charge in [-0.25, -0.2) is 0 Å². The van der Waals surface area contributed by atoms with Crippen LogP contribution in [0.3, 0.4) is 0 Å². The molecule has 24 heavy (non-hydrogen) atoms. The third-order valence-electron chi connectivity index (χ3n) is 4.92. The number of halogens is 1. The van der Waals surface area contributed by atoms with Crippen LogP contribution in [0.4, 0.5) is 0 Å². The first kappa shape index (κ1) is 19.0. The van der Waals surface area contributed by atoms with E-state index in [0.29, 0.717) is 39.1 Å². The molecule has 136 valence electrons. The number of carbonyl (C=O) groups excluding carboxylic acids is 3. The highest BCUT2D eigenvalue weighted by atomic mass is 35.5. The normalized spacial score (nSPS) is 22.5. The van der Waals surface area contributed by atoms with E-state index in [4.69, 9.17) is 11.6 Å². The van der Waals surface area contributed by atoms with Gasteiger partial charge in [-0.2, -0.15) is 0 Å². The molecule has 0 aromatic heterocycles. The highest BCUT2D eigenvalue weighted by molar-refractivity contribution is 6.19. The summed E-state index contributed by atoms with van der Waals surface area (Å²) in [6.45, 7) is 10.2. The van der Waals surface area contributed by atoms with Crippen molar-refractivity contribution in [3.8, 4) is 0 Å². The first-order valence-electron chi connectivity index (χ1n) is 8.61. The van der Waals surface area contributed by atoms with E-state index in [1.807, 2.05) is 27.7 Å². The summed E-state index contributed by atoms with van der Waals surface area (Å²) in [4.78, 5) is 42.4. The van der Waals surface area contributed by atoms with E-state index in [1.54, 1.807) is 14.7 Å². The van der Waals surface area contributed by atoms with E-state index in [-0.39, 0.29) is 35.6 Å². The molecule has 2 fully saturated rings. The van der Waals surface area contributed by atoms with Gasteiger partial charge in [-0.1, -0.05) is 0 Å². The van der Waals surface area contributed by atoms with Gasteiger partial charge in [0.2, 0.25) is 17.7 Å². The van der Waals surface area contributed by atoms with Crippen molar-refractivity contribution in [2.75, 3.05) is 38.6 Å². The molecule has 2 rings (SSSR count). The molecule has 0 aliphatic carbocycles. The molecule has 0 spiro atoms. The Morgan fingerprint density at radius 3 is 2.17 bits per heavy atom. The van der Waals surface area contributed by atoms with Gasteiger partial charge in [-0.15, -0.1) is 11.6 Å². The molecule has 2 aliphatic heterocycles. The van der Waals surface area contributed by atoms with Gasteiger partial charge in [-0.05, 0) is 27.7 Å². The molecule has 1 atom stereocenters. The number of nitrogens with zero attached hydrogens (tertiary/aromatic N) is 3. The van der Waals surface area contributed by atoms with Crippen LogP contribution in [-0.4, -0.2) is 77.1 Å². The van der Waals surface area contributed by atoms with E-state index in [0.717, 1.165) is 0 Å². The average Bonchev–Trinajstić information content (AvgIpc) is 2.95. The van der Waals surface area contributed by atoms with Crippen LogP contribution in [0.2, 0.25) is 0 Å². The third-order valence-corrected chi connectivity index (χ3v) is 5.59. The second-order valence-electron chi connectivity index (χ2n) is 7.68. The van der Waals surface area contributed by atoms with Gasteiger partial charge in [-0.3, -0.25) is 14.4 Å². The van der Waals surface area contributed by atoms with Crippen molar-refractivity contribution >= 4 is 29.3 Å². The number of piperazine rings is 1. The molecule has 0 bridgehead atoms. The Kier molecular flexibility index (Phi) is 5.78. The van der Waals surface area contributed by atoms with E-state index in [2.05, 4.69) is 0 Å². The van der Waals surface area contributed by atoms with E-state index < -0.39 is 5.41 Å². The molecule has 1 unspecified atom stereocenters. The second kappa shape index (κ2) is 7.30.